The van der Waals surface area contributed by atoms with Gasteiger partial charge in [-0.25, -0.2) is 4.98 Å². The fraction of sp³-hybridized carbons (Fsp3) is 0.625. The molecule has 0 aliphatic heterocycles. The number of hydrogen-bond donors (Lipinski definition) is 1. The molecule has 1 N–H and O–H groups in total. The summed E-state index contributed by atoms with van der Waals surface area (Å²) in [6.07, 6.45) is 5.43. The van der Waals surface area contributed by atoms with Crippen LogP contribution in [-0.4, -0.2) is 29.8 Å². The number of methoxy groups -OCH3 is 1. The molecule has 2 aromatic rings. The van der Waals surface area contributed by atoms with E-state index in [1.807, 2.05) is 6.92 Å². The van der Waals surface area contributed by atoms with Crippen molar-refractivity contribution in [3.05, 3.63) is 20.8 Å². The van der Waals surface area contributed by atoms with Crippen molar-refractivity contribution in [1.29, 1.82) is 0 Å². The minimum Gasteiger partial charge on any atom is -0.385 e. The monoisotopic (exact) mass is 321 g/mol. The Morgan fingerprint density at radius 3 is 2.95 bits per heavy atom. The van der Waals surface area contributed by atoms with Crippen LogP contribution < -0.4 is 10.9 Å². The van der Waals surface area contributed by atoms with E-state index in [-0.39, 0.29) is 5.56 Å². The molecule has 2 aromatic heterocycles. The third kappa shape index (κ3) is 2.77. The van der Waals surface area contributed by atoms with Gasteiger partial charge in [-0.1, -0.05) is 0 Å². The summed E-state index contributed by atoms with van der Waals surface area (Å²) in [4.78, 5) is 19.9. The van der Waals surface area contributed by atoms with E-state index < -0.39 is 0 Å². The van der Waals surface area contributed by atoms with Crippen molar-refractivity contribution in [2.45, 2.75) is 45.6 Å². The molecule has 0 spiro atoms. The Kier molecular flexibility index (Phi) is 4.78. The van der Waals surface area contributed by atoms with Crippen LogP contribution in [0.4, 0.5) is 5.95 Å². The number of fused-ring (bicyclic) bond motifs is 3. The van der Waals surface area contributed by atoms with Gasteiger partial charge in [-0.05, 0) is 44.6 Å². The average Bonchev–Trinajstić information content (AvgIpc) is 2.90. The molecule has 0 unspecified atom stereocenters. The van der Waals surface area contributed by atoms with Gasteiger partial charge in [-0.3, -0.25) is 9.36 Å². The summed E-state index contributed by atoms with van der Waals surface area (Å²) in [7, 11) is 1.70. The van der Waals surface area contributed by atoms with Crippen LogP contribution in [0.25, 0.3) is 10.2 Å². The molecule has 22 heavy (non-hydrogen) atoms. The van der Waals surface area contributed by atoms with Gasteiger partial charge in [0.2, 0.25) is 5.95 Å². The van der Waals surface area contributed by atoms with Gasteiger partial charge < -0.3 is 10.1 Å². The lowest BCUT2D eigenvalue weighted by atomic mass is 9.97. The lowest BCUT2D eigenvalue weighted by Crippen LogP contribution is -2.25. The molecule has 0 radical (unpaired) electrons. The second-order valence-electron chi connectivity index (χ2n) is 5.65. The highest BCUT2D eigenvalue weighted by atomic mass is 32.1. The number of hydrogen-bond acceptors (Lipinski definition) is 5. The first-order valence-corrected chi connectivity index (χ1v) is 8.85. The van der Waals surface area contributed by atoms with E-state index in [0.717, 1.165) is 36.0 Å². The highest BCUT2D eigenvalue weighted by Gasteiger charge is 2.21. The van der Waals surface area contributed by atoms with E-state index in [1.165, 1.54) is 23.3 Å². The normalized spacial score (nSPS) is 14.3. The van der Waals surface area contributed by atoms with Gasteiger partial charge in [0, 0.05) is 31.7 Å². The Bertz CT molecular complexity index is 720. The van der Waals surface area contributed by atoms with Crippen molar-refractivity contribution in [3.8, 4) is 0 Å². The summed E-state index contributed by atoms with van der Waals surface area (Å²) in [6.45, 7) is 4.10. The molecule has 1 aliphatic rings. The zero-order valence-corrected chi connectivity index (χ0v) is 14.1. The summed E-state index contributed by atoms with van der Waals surface area (Å²) in [5.41, 5.74) is 1.37. The van der Waals surface area contributed by atoms with Crippen molar-refractivity contribution in [2.24, 2.45) is 0 Å². The molecule has 0 atom stereocenters. The SMILES string of the molecule is CCn1c(NCCCOC)nc2sc3c(c2c1=O)CCCC3. The fourth-order valence-corrected chi connectivity index (χ4v) is 4.34. The van der Waals surface area contributed by atoms with Crippen molar-refractivity contribution in [3.63, 3.8) is 0 Å². The summed E-state index contributed by atoms with van der Waals surface area (Å²) in [5.74, 6) is 0.690. The van der Waals surface area contributed by atoms with E-state index in [9.17, 15) is 4.79 Å². The third-order valence-electron chi connectivity index (χ3n) is 4.20. The van der Waals surface area contributed by atoms with E-state index in [0.29, 0.717) is 19.1 Å². The summed E-state index contributed by atoms with van der Waals surface area (Å²) in [6, 6.07) is 0. The van der Waals surface area contributed by atoms with Gasteiger partial charge in [-0.15, -0.1) is 11.3 Å². The lowest BCUT2D eigenvalue weighted by molar-refractivity contribution is 0.197. The van der Waals surface area contributed by atoms with Crippen LogP contribution in [0, 0.1) is 0 Å². The van der Waals surface area contributed by atoms with Crippen LogP contribution in [0.1, 0.15) is 36.6 Å². The Morgan fingerprint density at radius 2 is 2.18 bits per heavy atom. The fourth-order valence-electron chi connectivity index (χ4n) is 3.08. The largest absolute Gasteiger partial charge is 0.385 e. The second kappa shape index (κ2) is 6.79. The number of nitrogens with zero attached hydrogens (tertiary/aromatic N) is 2. The van der Waals surface area contributed by atoms with Gasteiger partial charge in [0.25, 0.3) is 5.56 Å². The van der Waals surface area contributed by atoms with Crippen LogP contribution in [0.15, 0.2) is 4.79 Å². The molecular weight excluding hydrogens is 298 g/mol. The maximum Gasteiger partial charge on any atom is 0.263 e. The van der Waals surface area contributed by atoms with Gasteiger partial charge in [-0.2, -0.15) is 0 Å². The van der Waals surface area contributed by atoms with E-state index >= 15 is 0 Å². The molecular formula is C16H23N3O2S. The molecule has 0 bridgehead atoms. The average molecular weight is 321 g/mol. The highest BCUT2D eigenvalue weighted by Crippen LogP contribution is 2.34. The Morgan fingerprint density at radius 1 is 1.36 bits per heavy atom. The maximum atomic E-state index is 12.9. The molecule has 120 valence electrons. The molecule has 6 heteroatoms. The molecule has 2 heterocycles. The number of rotatable bonds is 6. The Balaban J connectivity index is 2.00. The minimum atomic E-state index is 0.112. The van der Waals surface area contributed by atoms with Crippen LogP contribution in [0.3, 0.4) is 0 Å². The molecule has 3 rings (SSSR count). The summed E-state index contributed by atoms with van der Waals surface area (Å²) < 4.78 is 6.82. The first kappa shape index (κ1) is 15.5. The molecule has 5 nitrogen and oxygen atoms in total. The van der Waals surface area contributed by atoms with E-state index in [1.54, 1.807) is 23.0 Å². The zero-order chi connectivity index (χ0) is 15.5. The second-order valence-corrected chi connectivity index (χ2v) is 6.73. The zero-order valence-electron chi connectivity index (χ0n) is 13.3. The van der Waals surface area contributed by atoms with Crippen molar-refractivity contribution >= 4 is 27.5 Å². The van der Waals surface area contributed by atoms with E-state index in [4.69, 9.17) is 9.72 Å². The Labute approximate surface area is 134 Å². The topological polar surface area (TPSA) is 56.1 Å². The van der Waals surface area contributed by atoms with Crippen molar-refractivity contribution in [1.82, 2.24) is 9.55 Å². The number of nitrogens with one attached hydrogen (secondary N) is 1. The summed E-state index contributed by atoms with van der Waals surface area (Å²) in [5, 5.41) is 4.16. The van der Waals surface area contributed by atoms with Gasteiger partial charge in [0.05, 0.1) is 5.39 Å². The molecule has 1 aliphatic carbocycles. The first-order valence-electron chi connectivity index (χ1n) is 8.04. The first-order chi connectivity index (χ1) is 10.8. The smallest absolute Gasteiger partial charge is 0.263 e. The summed E-state index contributed by atoms with van der Waals surface area (Å²) >= 11 is 1.70. The highest BCUT2D eigenvalue weighted by molar-refractivity contribution is 7.18. The van der Waals surface area contributed by atoms with E-state index in [2.05, 4.69) is 5.32 Å². The predicted molar refractivity (Wildman–Crippen MR) is 91.2 cm³/mol. The van der Waals surface area contributed by atoms with Gasteiger partial charge in [0.15, 0.2) is 0 Å². The van der Waals surface area contributed by atoms with Gasteiger partial charge >= 0.3 is 0 Å². The van der Waals surface area contributed by atoms with Crippen molar-refractivity contribution < 1.29 is 4.74 Å². The minimum absolute atomic E-state index is 0.112. The molecule has 0 amide bonds. The number of aromatic nitrogens is 2. The van der Waals surface area contributed by atoms with Crippen molar-refractivity contribution in [2.75, 3.05) is 25.6 Å². The third-order valence-corrected chi connectivity index (χ3v) is 5.39. The van der Waals surface area contributed by atoms with Crippen LogP contribution in [0.2, 0.25) is 0 Å². The number of thiophene rings is 1. The van der Waals surface area contributed by atoms with Gasteiger partial charge in [0.1, 0.15) is 4.83 Å². The number of ether oxygens (including phenoxy) is 1. The molecule has 0 aromatic carbocycles. The quantitative estimate of drug-likeness (QED) is 0.831. The standard InChI is InChI=1S/C16H23N3O2S/c1-3-19-15(20)13-11-7-4-5-8-12(11)22-14(13)18-16(19)17-9-6-10-21-2/h3-10H2,1-2H3,(H,17,18). The lowest BCUT2D eigenvalue weighted by Gasteiger charge is -2.13. The van der Waals surface area contributed by atoms with Crippen LogP contribution in [-0.2, 0) is 24.1 Å². The number of anilines is 1. The maximum absolute atomic E-state index is 12.9. The Hall–Kier alpha value is -1.40. The van der Waals surface area contributed by atoms with Crippen LogP contribution >= 0.6 is 11.3 Å². The molecule has 0 fully saturated rings. The number of aryl methyl sites for hydroxylation is 2. The molecule has 0 saturated carbocycles. The predicted octanol–water partition coefficient (Wildman–Crippen LogP) is 2.81. The molecule has 0 saturated heterocycles. The van der Waals surface area contributed by atoms with Crippen LogP contribution in [0.5, 0.6) is 0 Å².